The Hall–Kier alpha value is -3.37. The third kappa shape index (κ3) is 4.78. The van der Waals surface area contributed by atoms with E-state index in [1.54, 1.807) is 36.4 Å². The summed E-state index contributed by atoms with van der Waals surface area (Å²) in [6, 6.07) is 13.2. The largest absolute Gasteiger partial charge is 0.459 e. The summed E-state index contributed by atoms with van der Waals surface area (Å²) < 4.78 is 40.8. The highest BCUT2D eigenvalue weighted by atomic mass is 32.2. The molecule has 3 aromatic rings. The number of nitrogens with zero attached hydrogens (tertiary/aromatic N) is 1. The maximum Gasteiger partial charge on any atom is 0.333 e. The van der Waals surface area contributed by atoms with Crippen molar-refractivity contribution in [1.29, 1.82) is 0 Å². The molecule has 0 bridgehead atoms. The number of furan rings is 2. The zero-order chi connectivity index (χ0) is 21.7. The van der Waals surface area contributed by atoms with Crippen LogP contribution in [-0.2, 0) is 26.2 Å². The van der Waals surface area contributed by atoms with Crippen molar-refractivity contribution in [2.24, 2.45) is 0 Å². The number of hydrogen-bond donors (Lipinski definition) is 1. The van der Waals surface area contributed by atoms with Crippen molar-refractivity contribution in [3.05, 3.63) is 77.9 Å². The summed E-state index contributed by atoms with van der Waals surface area (Å²) in [4.78, 5) is 25.0. The molecule has 1 atom stereocenters. The molecule has 0 fully saturated rings. The topological polar surface area (TPSA) is 119 Å². The monoisotopic (exact) mass is 432 g/mol. The smallest absolute Gasteiger partial charge is 0.333 e. The normalized spacial score (nSPS) is 12.5. The minimum Gasteiger partial charge on any atom is -0.459 e. The molecule has 158 valence electrons. The molecule has 0 aliphatic carbocycles. The molecule has 0 aliphatic rings. The lowest BCUT2D eigenvalue weighted by Gasteiger charge is -2.17. The molecular formula is C20H20N2O7S. The lowest BCUT2D eigenvalue weighted by atomic mass is 10.1. The Bertz CT molecular complexity index is 1100. The highest BCUT2D eigenvalue weighted by molar-refractivity contribution is 7.88. The minimum absolute atomic E-state index is 0.0494. The number of benzene rings is 1. The van der Waals surface area contributed by atoms with Crippen LogP contribution in [0.25, 0.3) is 0 Å². The van der Waals surface area contributed by atoms with Crippen molar-refractivity contribution in [3.63, 3.8) is 0 Å². The van der Waals surface area contributed by atoms with E-state index in [1.165, 1.54) is 38.6 Å². The highest BCUT2D eigenvalue weighted by Gasteiger charge is 2.27. The second-order valence-corrected chi connectivity index (χ2v) is 8.49. The zero-order valence-corrected chi connectivity index (χ0v) is 17.1. The summed E-state index contributed by atoms with van der Waals surface area (Å²) in [5.74, 6) is -1.13. The average Bonchev–Trinajstić information content (AvgIpc) is 3.43. The Morgan fingerprint density at radius 3 is 2.43 bits per heavy atom. The van der Waals surface area contributed by atoms with Gasteiger partial charge in [-0.05, 0) is 29.8 Å². The van der Waals surface area contributed by atoms with Gasteiger partial charge in [-0.25, -0.2) is 17.5 Å². The second kappa shape index (κ2) is 8.97. The maximum atomic E-state index is 12.7. The number of carbonyl (C=O) groups is 2. The van der Waals surface area contributed by atoms with Gasteiger partial charge in [-0.2, -0.15) is 0 Å². The number of sulfonamides is 1. The van der Waals surface area contributed by atoms with Gasteiger partial charge in [-0.1, -0.05) is 30.3 Å². The SMILES string of the molecule is CN(C)S(=O)(=O)c1ccc(COC(=O)C(NC(=O)c2ccco2)c2ccccc2)o1. The van der Waals surface area contributed by atoms with E-state index in [2.05, 4.69) is 5.32 Å². The van der Waals surface area contributed by atoms with Crippen LogP contribution in [-0.4, -0.2) is 38.7 Å². The molecule has 2 aromatic heterocycles. The average molecular weight is 432 g/mol. The van der Waals surface area contributed by atoms with Crippen LogP contribution >= 0.6 is 0 Å². The van der Waals surface area contributed by atoms with Gasteiger partial charge in [0.15, 0.2) is 11.8 Å². The zero-order valence-electron chi connectivity index (χ0n) is 16.3. The lowest BCUT2D eigenvalue weighted by Crippen LogP contribution is -2.34. The van der Waals surface area contributed by atoms with Gasteiger partial charge >= 0.3 is 5.97 Å². The standard InChI is InChI=1S/C20H20N2O7S/c1-22(2)30(25,26)17-11-10-15(29-17)13-28-20(24)18(14-7-4-3-5-8-14)21-19(23)16-9-6-12-27-16/h3-12,18H,13H2,1-2H3,(H,21,23). The molecule has 1 N–H and O–H groups in total. The third-order valence-corrected chi connectivity index (χ3v) is 5.81. The van der Waals surface area contributed by atoms with E-state index in [-0.39, 0.29) is 23.2 Å². The summed E-state index contributed by atoms with van der Waals surface area (Å²) in [7, 11) is -0.979. The number of rotatable bonds is 8. The first-order chi connectivity index (χ1) is 14.3. The molecule has 0 radical (unpaired) electrons. The molecule has 9 nitrogen and oxygen atoms in total. The van der Waals surface area contributed by atoms with Gasteiger partial charge in [0.25, 0.3) is 15.9 Å². The van der Waals surface area contributed by atoms with Crippen LogP contribution in [0.15, 0.2) is 74.8 Å². The summed E-state index contributed by atoms with van der Waals surface area (Å²) in [6.07, 6.45) is 1.35. The van der Waals surface area contributed by atoms with Crippen molar-refractivity contribution < 1.29 is 31.6 Å². The van der Waals surface area contributed by atoms with E-state index in [9.17, 15) is 18.0 Å². The van der Waals surface area contributed by atoms with E-state index in [0.717, 1.165) is 4.31 Å². The highest BCUT2D eigenvalue weighted by Crippen LogP contribution is 2.20. The van der Waals surface area contributed by atoms with Crippen LogP contribution in [0.5, 0.6) is 0 Å². The molecule has 0 saturated heterocycles. The lowest BCUT2D eigenvalue weighted by molar-refractivity contribution is -0.148. The molecule has 0 aliphatic heterocycles. The first-order valence-corrected chi connectivity index (χ1v) is 10.3. The fourth-order valence-electron chi connectivity index (χ4n) is 2.51. The Labute approximate surface area is 173 Å². The number of carbonyl (C=O) groups excluding carboxylic acids is 2. The van der Waals surface area contributed by atoms with Gasteiger partial charge in [0.05, 0.1) is 6.26 Å². The molecule has 10 heteroatoms. The Balaban J connectivity index is 1.73. The minimum atomic E-state index is -3.74. The van der Waals surface area contributed by atoms with Crippen molar-refractivity contribution >= 4 is 21.9 Å². The first-order valence-electron chi connectivity index (χ1n) is 8.86. The Morgan fingerprint density at radius 2 is 1.80 bits per heavy atom. The van der Waals surface area contributed by atoms with Crippen LogP contribution in [0.3, 0.4) is 0 Å². The summed E-state index contributed by atoms with van der Waals surface area (Å²) >= 11 is 0. The van der Waals surface area contributed by atoms with Gasteiger partial charge in [0, 0.05) is 14.1 Å². The molecule has 1 aromatic carbocycles. The van der Waals surface area contributed by atoms with Crippen molar-refractivity contribution in [1.82, 2.24) is 9.62 Å². The van der Waals surface area contributed by atoms with Gasteiger partial charge in [0.2, 0.25) is 5.09 Å². The van der Waals surface area contributed by atoms with Crippen LogP contribution in [0.1, 0.15) is 27.9 Å². The Morgan fingerprint density at radius 1 is 1.07 bits per heavy atom. The second-order valence-electron chi connectivity index (χ2n) is 6.41. The number of hydrogen-bond acceptors (Lipinski definition) is 7. The quantitative estimate of drug-likeness (QED) is 0.543. The number of nitrogens with one attached hydrogen (secondary N) is 1. The first kappa shape index (κ1) is 21.3. The predicted octanol–water partition coefficient (Wildman–Crippen LogP) is 2.34. The molecule has 30 heavy (non-hydrogen) atoms. The summed E-state index contributed by atoms with van der Waals surface area (Å²) in [5.41, 5.74) is 0.512. The van der Waals surface area contributed by atoms with Crippen LogP contribution in [0, 0.1) is 0 Å². The molecule has 2 heterocycles. The molecular weight excluding hydrogens is 412 g/mol. The van der Waals surface area contributed by atoms with Crippen molar-refractivity contribution in [3.8, 4) is 0 Å². The number of ether oxygens (including phenoxy) is 1. The van der Waals surface area contributed by atoms with E-state index >= 15 is 0 Å². The van der Waals surface area contributed by atoms with Gasteiger partial charge in [-0.15, -0.1) is 0 Å². The molecule has 1 amide bonds. The molecule has 0 spiro atoms. The summed E-state index contributed by atoms with van der Waals surface area (Å²) in [6.45, 7) is -0.304. The molecule has 0 saturated carbocycles. The van der Waals surface area contributed by atoms with Crippen LogP contribution in [0.2, 0.25) is 0 Å². The van der Waals surface area contributed by atoms with E-state index in [1.807, 2.05) is 0 Å². The molecule has 3 rings (SSSR count). The third-order valence-electron chi connectivity index (χ3n) is 4.12. The van der Waals surface area contributed by atoms with Gasteiger partial charge in [-0.3, -0.25) is 4.79 Å². The summed E-state index contributed by atoms with van der Waals surface area (Å²) in [5, 5.41) is 2.32. The van der Waals surface area contributed by atoms with Crippen LogP contribution < -0.4 is 5.32 Å². The fraction of sp³-hybridized carbons (Fsp3) is 0.200. The molecule has 1 unspecified atom stereocenters. The van der Waals surface area contributed by atoms with Crippen LogP contribution in [0.4, 0.5) is 0 Å². The van der Waals surface area contributed by atoms with E-state index in [0.29, 0.717) is 5.56 Å². The van der Waals surface area contributed by atoms with E-state index in [4.69, 9.17) is 13.6 Å². The van der Waals surface area contributed by atoms with Gasteiger partial charge < -0.3 is 18.9 Å². The fourth-order valence-corrected chi connectivity index (χ4v) is 3.33. The Kier molecular flexibility index (Phi) is 6.38. The number of amides is 1. The van der Waals surface area contributed by atoms with Gasteiger partial charge in [0.1, 0.15) is 12.4 Å². The van der Waals surface area contributed by atoms with Crippen molar-refractivity contribution in [2.75, 3.05) is 14.1 Å². The van der Waals surface area contributed by atoms with E-state index < -0.39 is 27.9 Å². The maximum absolute atomic E-state index is 12.7. The number of esters is 1. The predicted molar refractivity (Wildman–Crippen MR) is 105 cm³/mol. The van der Waals surface area contributed by atoms with Crippen molar-refractivity contribution in [2.45, 2.75) is 17.7 Å².